The Morgan fingerprint density at radius 2 is 2.14 bits per heavy atom. The van der Waals surface area contributed by atoms with Crippen LogP contribution < -0.4 is 10.1 Å². The van der Waals surface area contributed by atoms with Gasteiger partial charge in [-0.15, -0.1) is 0 Å². The van der Waals surface area contributed by atoms with Crippen molar-refractivity contribution in [2.45, 2.75) is 19.1 Å². The number of morpholine rings is 1. The van der Waals surface area contributed by atoms with E-state index in [2.05, 4.69) is 17.1 Å². The van der Waals surface area contributed by atoms with Crippen LogP contribution in [0.4, 0.5) is 0 Å². The summed E-state index contributed by atoms with van der Waals surface area (Å²) < 4.78 is 10.5. The van der Waals surface area contributed by atoms with Gasteiger partial charge in [0.1, 0.15) is 5.75 Å². The summed E-state index contributed by atoms with van der Waals surface area (Å²) in [7, 11) is 1.63. The highest BCUT2D eigenvalue weighted by Gasteiger charge is 2.15. The maximum absolute atomic E-state index is 10.2. The first kappa shape index (κ1) is 16.2. The molecule has 2 rings (SSSR count). The lowest BCUT2D eigenvalue weighted by molar-refractivity contribution is 0.0336. The van der Waals surface area contributed by atoms with Gasteiger partial charge in [0.25, 0.3) is 0 Å². The van der Waals surface area contributed by atoms with Crippen molar-refractivity contribution in [3.05, 3.63) is 29.8 Å². The van der Waals surface area contributed by atoms with Crippen molar-refractivity contribution < 1.29 is 14.6 Å². The molecule has 2 atom stereocenters. The van der Waals surface area contributed by atoms with E-state index in [4.69, 9.17) is 9.47 Å². The smallest absolute Gasteiger partial charge is 0.119 e. The molecular weight excluding hydrogens is 268 g/mol. The van der Waals surface area contributed by atoms with Crippen molar-refractivity contribution in [2.24, 2.45) is 0 Å². The third-order valence-electron chi connectivity index (χ3n) is 3.77. The van der Waals surface area contributed by atoms with Gasteiger partial charge in [-0.1, -0.05) is 12.1 Å². The molecule has 2 N–H and O–H groups in total. The minimum atomic E-state index is -0.521. The lowest BCUT2D eigenvalue weighted by atomic mass is 10.1. The number of nitrogens with one attached hydrogen (secondary N) is 1. The van der Waals surface area contributed by atoms with E-state index in [1.165, 1.54) is 0 Å². The molecule has 0 aliphatic carbocycles. The van der Waals surface area contributed by atoms with Gasteiger partial charge in [0.2, 0.25) is 0 Å². The van der Waals surface area contributed by atoms with E-state index in [1.54, 1.807) is 7.11 Å². The molecule has 1 aliphatic rings. The third kappa shape index (κ3) is 5.28. The van der Waals surface area contributed by atoms with E-state index < -0.39 is 6.10 Å². The SMILES string of the molecule is COc1cccc(C(O)CNC(C)CN2CCOCC2)c1. The van der Waals surface area contributed by atoms with Crippen molar-refractivity contribution in [3.8, 4) is 5.75 Å². The Balaban J connectivity index is 1.75. The van der Waals surface area contributed by atoms with Gasteiger partial charge in [0, 0.05) is 32.2 Å². The molecule has 118 valence electrons. The van der Waals surface area contributed by atoms with E-state index in [9.17, 15) is 5.11 Å². The Hall–Kier alpha value is -1.14. The highest BCUT2D eigenvalue weighted by Crippen LogP contribution is 2.18. The Kier molecular flexibility index (Phi) is 6.45. The first-order valence-corrected chi connectivity index (χ1v) is 7.54. The number of aliphatic hydroxyl groups excluding tert-OH is 1. The van der Waals surface area contributed by atoms with Gasteiger partial charge in [0.15, 0.2) is 0 Å². The van der Waals surface area contributed by atoms with Gasteiger partial charge >= 0.3 is 0 Å². The van der Waals surface area contributed by atoms with E-state index in [1.807, 2.05) is 24.3 Å². The van der Waals surface area contributed by atoms with Crippen LogP contribution in [0.15, 0.2) is 24.3 Å². The molecule has 21 heavy (non-hydrogen) atoms. The monoisotopic (exact) mass is 294 g/mol. The first-order valence-electron chi connectivity index (χ1n) is 7.54. The molecule has 0 amide bonds. The normalized spacial score (nSPS) is 19.2. The fourth-order valence-corrected chi connectivity index (χ4v) is 2.52. The maximum atomic E-state index is 10.2. The standard InChI is InChI=1S/C16H26N2O3/c1-13(12-18-6-8-21-9-7-18)17-11-16(19)14-4-3-5-15(10-14)20-2/h3-5,10,13,16-17,19H,6-9,11-12H2,1-2H3. The van der Waals surface area contributed by atoms with Gasteiger partial charge < -0.3 is 19.9 Å². The van der Waals surface area contributed by atoms with Crippen LogP contribution in [0.25, 0.3) is 0 Å². The zero-order chi connectivity index (χ0) is 15.1. The number of aliphatic hydroxyl groups is 1. The first-order chi connectivity index (χ1) is 10.2. The van der Waals surface area contributed by atoms with Crippen molar-refractivity contribution >= 4 is 0 Å². The van der Waals surface area contributed by atoms with Crippen molar-refractivity contribution in [1.82, 2.24) is 10.2 Å². The van der Waals surface area contributed by atoms with Crippen LogP contribution in [-0.2, 0) is 4.74 Å². The van der Waals surface area contributed by atoms with Gasteiger partial charge in [-0.2, -0.15) is 0 Å². The molecule has 0 saturated carbocycles. The largest absolute Gasteiger partial charge is 0.497 e. The van der Waals surface area contributed by atoms with Gasteiger partial charge in [-0.05, 0) is 24.6 Å². The van der Waals surface area contributed by atoms with Crippen LogP contribution in [0.1, 0.15) is 18.6 Å². The summed E-state index contributed by atoms with van der Waals surface area (Å²) in [5.74, 6) is 0.771. The number of hydrogen-bond acceptors (Lipinski definition) is 5. The van der Waals surface area contributed by atoms with Crippen LogP contribution in [0.5, 0.6) is 5.75 Å². The average Bonchev–Trinajstić information content (AvgIpc) is 2.53. The average molecular weight is 294 g/mol. The topological polar surface area (TPSA) is 54.0 Å². The molecule has 2 unspecified atom stereocenters. The molecule has 5 heteroatoms. The molecule has 5 nitrogen and oxygen atoms in total. The molecule has 0 aromatic heterocycles. The maximum Gasteiger partial charge on any atom is 0.119 e. The van der Waals surface area contributed by atoms with Crippen LogP contribution in [0.2, 0.25) is 0 Å². The van der Waals surface area contributed by atoms with Crippen LogP contribution in [-0.4, -0.2) is 62.6 Å². The second-order valence-electron chi connectivity index (χ2n) is 5.51. The minimum Gasteiger partial charge on any atom is -0.497 e. The summed E-state index contributed by atoms with van der Waals surface area (Å²) in [5.41, 5.74) is 0.875. The van der Waals surface area contributed by atoms with E-state index >= 15 is 0 Å². The predicted octanol–water partition coefficient (Wildman–Crippen LogP) is 1.04. The molecule has 1 saturated heterocycles. The van der Waals surface area contributed by atoms with E-state index in [0.717, 1.165) is 44.2 Å². The number of ether oxygens (including phenoxy) is 2. The van der Waals surface area contributed by atoms with E-state index in [-0.39, 0.29) is 0 Å². The number of rotatable bonds is 7. The van der Waals surface area contributed by atoms with Crippen molar-refractivity contribution in [3.63, 3.8) is 0 Å². The predicted molar refractivity (Wildman–Crippen MR) is 82.7 cm³/mol. The highest BCUT2D eigenvalue weighted by molar-refractivity contribution is 5.29. The van der Waals surface area contributed by atoms with Crippen molar-refractivity contribution in [2.75, 3.05) is 46.5 Å². The van der Waals surface area contributed by atoms with Gasteiger partial charge in [-0.3, -0.25) is 4.90 Å². The van der Waals surface area contributed by atoms with Crippen LogP contribution in [0, 0.1) is 0 Å². The summed E-state index contributed by atoms with van der Waals surface area (Å²) in [5, 5.41) is 13.6. The fraction of sp³-hybridized carbons (Fsp3) is 0.625. The number of hydrogen-bond donors (Lipinski definition) is 2. The zero-order valence-corrected chi connectivity index (χ0v) is 12.9. The molecule has 0 spiro atoms. The molecule has 1 aromatic rings. The van der Waals surface area contributed by atoms with Gasteiger partial charge in [-0.25, -0.2) is 0 Å². The summed E-state index contributed by atoms with van der Waals surface area (Å²) >= 11 is 0. The summed E-state index contributed by atoms with van der Waals surface area (Å²) in [6.07, 6.45) is -0.521. The Morgan fingerprint density at radius 1 is 1.38 bits per heavy atom. The summed E-state index contributed by atoms with van der Waals surface area (Å²) in [4.78, 5) is 2.39. The lowest BCUT2D eigenvalue weighted by Crippen LogP contribution is -2.45. The quantitative estimate of drug-likeness (QED) is 0.787. The second-order valence-corrected chi connectivity index (χ2v) is 5.51. The Bertz CT molecular complexity index is 422. The zero-order valence-electron chi connectivity index (χ0n) is 12.9. The fourth-order valence-electron chi connectivity index (χ4n) is 2.52. The summed E-state index contributed by atoms with van der Waals surface area (Å²) in [6, 6.07) is 7.91. The van der Waals surface area contributed by atoms with Crippen molar-refractivity contribution in [1.29, 1.82) is 0 Å². The minimum absolute atomic E-state index is 0.336. The summed E-state index contributed by atoms with van der Waals surface area (Å²) in [6.45, 7) is 7.29. The van der Waals surface area contributed by atoms with Gasteiger partial charge in [0.05, 0.1) is 26.4 Å². The second kappa shape index (κ2) is 8.34. The Morgan fingerprint density at radius 3 is 2.86 bits per heavy atom. The lowest BCUT2D eigenvalue weighted by Gasteiger charge is -2.29. The molecule has 0 radical (unpaired) electrons. The highest BCUT2D eigenvalue weighted by atomic mass is 16.5. The molecule has 1 fully saturated rings. The van der Waals surface area contributed by atoms with Crippen LogP contribution in [0.3, 0.4) is 0 Å². The molecular formula is C16H26N2O3. The molecule has 0 bridgehead atoms. The molecule has 1 aromatic carbocycles. The Labute approximate surface area is 126 Å². The third-order valence-corrected chi connectivity index (χ3v) is 3.77. The van der Waals surface area contributed by atoms with Crippen LogP contribution >= 0.6 is 0 Å². The molecule has 1 heterocycles. The number of benzene rings is 1. The number of methoxy groups -OCH3 is 1. The number of nitrogens with zero attached hydrogens (tertiary/aromatic N) is 1. The van der Waals surface area contributed by atoms with E-state index in [0.29, 0.717) is 12.6 Å². The molecule has 1 aliphatic heterocycles.